The van der Waals surface area contributed by atoms with Crippen LogP contribution in [-0.2, 0) is 26.2 Å². The Labute approximate surface area is 193 Å². The highest BCUT2D eigenvalue weighted by molar-refractivity contribution is 7.89. The molecule has 1 aliphatic rings. The number of furan rings is 1. The van der Waals surface area contributed by atoms with Crippen molar-refractivity contribution in [1.82, 2.24) is 14.9 Å². The van der Waals surface area contributed by atoms with Crippen molar-refractivity contribution in [3.05, 3.63) is 54.2 Å². The molecule has 1 saturated carbocycles. The van der Waals surface area contributed by atoms with Crippen molar-refractivity contribution in [2.75, 3.05) is 6.54 Å². The number of benzene rings is 1. The van der Waals surface area contributed by atoms with Gasteiger partial charge in [0.05, 0.1) is 24.2 Å². The van der Waals surface area contributed by atoms with Crippen LogP contribution >= 0.6 is 0 Å². The molecule has 0 bridgehead atoms. The quantitative estimate of drug-likeness (QED) is 0.545. The number of rotatable bonds is 10. The third-order valence-corrected chi connectivity index (χ3v) is 7.18. The zero-order valence-corrected chi connectivity index (χ0v) is 19.6. The van der Waals surface area contributed by atoms with Crippen molar-refractivity contribution >= 4 is 21.8 Å². The standard InChI is InChI=1S/C23H30FN3O5S/c1-16(2)22(23(29)25-14-19-8-5-13-32-19)27(18-6-3-4-7-18)21(28)15-26-33(30,31)20-11-9-17(24)10-12-20/h5,8-13,16,18,22,26H,3-4,6-7,14-15H2,1-2H3,(H,25,29). The van der Waals surface area contributed by atoms with Gasteiger partial charge in [-0.3, -0.25) is 9.59 Å². The Bertz CT molecular complexity index is 1030. The van der Waals surface area contributed by atoms with Gasteiger partial charge in [0.2, 0.25) is 21.8 Å². The van der Waals surface area contributed by atoms with Crippen LogP contribution in [0.4, 0.5) is 4.39 Å². The molecule has 2 amide bonds. The Hall–Kier alpha value is -2.72. The first-order chi connectivity index (χ1) is 15.7. The fourth-order valence-corrected chi connectivity index (χ4v) is 5.13. The van der Waals surface area contributed by atoms with E-state index in [1.54, 1.807) is 17.0 Å². The van der Waals surface area contributed by atoms with Crippen LogP contribution in [0.15, 0.2) is 52.0 Å². The predicted molar refractivity (Wildman–Crippen MR) is 120 cm³/mol. The smallest absolute Gasteiger partial charge is 0.243 e. The van der Waals surface area contributed by atoms with Gasteiger partial charge in [-0.2, -0.15) is 0 Å². The molecule has 1 unspecified atom stereocenters. The molecular formula is C23H30FN3O5S. The second kappa shape index (κ2) is 10.9. The number of hydrogen-bond donors (Lipinski definition) is 2. The zero-order chi connectivity index (χ0) is 24.0. The number of nitrogens with zero attached hydrogens (tertiary/aromatic N) is 1. The van der Waals surface area contributed by atoms with Crippen LogP contribution in [0.3, 0.4) is 0 Å². The van der Waals surface area contributed by atoms with Gasteiger partial charge in [-0.25, -0.2) is 17.5 Å². The maximum Gasteiger partial charge on any atom is 0.243 e. The second-order valence-corrected chi connectivity index (χ2v) is 10.3. The summed E-state index contributed by atoms with van der Waals surface area (Å²) in [5, 5.41) is 2.83. The number of nitrogens with one attached hydrogen (secondary N) is 2. The monoisotopic (exact) mass is 479 g/mol. The van der Waals surface area contributed by atoms with E-state index in [2.05, 4.69) is 10.0 Å². The van der Waals surface area contributed by atoms with E-state index in [1.807, 2.05) is 13.8 Å². The van der Waals surface area contributed by atoms with Crippen LogP contribution in [0.2, 0.25) is 0 Å². The van der Waals surface area contributed by atoms with Gasteiger partial charge in [0.25, 0.3) is 0 Å². The normalized spacial score (nSPS) is 15.5. The van der Waals surface area contributed by atoms with Crippen molar-refractivity contribution in [3.8, 4) is 0 Å². The van der Waals surface area contributed by atoms with E-state index in [0.29, 0.717) is 5.76 Å². The van der Waals surface area contributed by atoms with Gasteiger partial charge < -0.3 is 14.6 Å². The molecule has 33 heavy (non-hydrogen) atoms. The van der Waals surface area contributed by atoms with Crippen molar-refractivity contribution < 1.29 is 26.8 Å². The SMILES string of the molecule is CC(C)C(C(=O)NCc1ccco1)N(C(=O)CNS(=O)(=O)c1ccc(F)cc1)C1CCCC1. The molecule has 1 atom stereocenters. The van der Waals surface area contributed by atoms with Gasteiger partial charge in [-0.15, -0.1) is 0 Å². The van der Waals surface area contributed by atoms with Crippen LogP contribution in [0.25, 0.3) is 0 Å². The van der Waals surface area contributed by atoms with E-state index in [-0.39, 0.29) is 29.3 Å². The first-order valence-corrected chi connectivity index (χ1v) is 12.5. The van der Waals surface area contributed by atoms with Crippen LogP contribution in [0.1, 0.15) is 45.3 Å². The summed E-state index contributed by atoms with van der Waals surface area (Å²) < 4.78 is 45.8. The molecule has 0 saturated heterocycles. The fourth-order valence-electron chi connectivity index (χ4n) is 4.16. The Morgan fingerprint density at radius 2 is 1.82 bits per heavy atom. The Morgan fingerprint density at radius 3 is 2.39 bits per heavy atom. The van der Waals surface area contributed by atoms with Crippen LogP contribution in [0, 0.1) is 11.7 Å². The highest BCUT2D eigenvalue weighted by atomic mass is 32.2. The van der Waals surface area contributed by atoms with Gasteiger partial charge in [0.15, 0.2) is 0 Å². The van der Waals surface area contributed by atoms with Crippen LogP contribution in [-0.4, -0.2) is 43.8 Å². The largest absolute Gasteiger partial charge is 0.467 e. The highest BCUT2D eigenvalue weighted by Crippen LogP contribution is 2.28. The molecule has 2 aromatic rings. The Balaban J connectivity index is 1.75. The predicted octanol–water partition coefficient (Wildman–Crippen LogP) is 2.81. The summed E-state index contributed by atoms with van der Waals surface area (Å²) in [6, 6.07) is 6.92. The Morgan fingerprint density at radius 1 is 1.15 bits per heavy atom. The zero-order valence-electron chi connectivity index (χ0n) is 18.8. The molecule has 1 aromatic carbocycles. The fraction of sp³-hybridized carbons (Fsp3) is 0.478. The average molecular weight is 480 g/mol. The van der Waals surface area contributed by atoms with Gasteiger partial charge in [0.1, 0.15) is 17.6 Å². The first-order valence-electron chi connectivity index (χ1n) is 11.1. The van der Waals surface area contributed by atoms with Gasteiger partial charge in [0, 0.05) is 6.04 Å². The van der Waals surface area contributed by atoms with Gasteiger partial charge in [-0.1, -0.05) is 26.7 Å². The van der Waals surface area contributed by atoms with Crippen molar-refractivity contribution in [1.29, 1.82) is 0 Å². The summed E-state index contributed by atoms with van der Waals surface area (Å²) in [6.07, 6.45) is 4.91. The summed E-state index contributed by atoms with van der Waals surface area (Å²) >= 11 is 0. The molecule has 0 spiro atoms. The van der Waals surface area contributed by atoms with Crippen LogP contribution < -0.4 is 10.0 Å². The molecule has 180 valence electrons. The van der Waals surface area contributed by atoms with Crippen LogP contribution in [0.5, 0.6) is 0 Å². The summed E-state index contributed by atoms with van der Waals surface area (Å²) in [5.41, 5.74) is 0. The minimum atomic E-state index is -4.01. The number of carbonyl (C=O) groups is 2. The number of carbonyl (C=O) groups excluding carboxylic acids is 2. The second-order valence-electron chi connectivity index (χ2n) is 8.50. The molecule has 0 aliphatic heterocycles. The maximum atomic E-state index is 13.3. The first kappa shape index (κ1) is 24.9. The topological polar surface area (TPSA) is 109 Å². The van der Waals surface area contributed by atoms with E-state index in [1.165, 1.54) is 6.26 Å². The number of amides is 2. The van der Waals surface area contributed by atoms with Crippen molar-refractivity contribution in [2.45, 2.75) is 63.1 Å². The van der Waals surface area contributed by atoms with E-state index >= 15 is 0 Å². The van der Waals surface area contributed by atoms with Gasteiger partial charge in [-0.05, 0) is 55.2 Å². The summed E-state index contributed by atoms with van der Waals surface area (Å²) in [5.74, 6) is -0.947. The molecule has 1 fully saturated rings. The molecule has 1 aliphatic carbocycles. The summed E-state index contributed by atoms with van der Waals surface area (Å²) in [7, 11) is -4.01. The van der Waals surface area contributed by atoms with Crippen molar-refractivity contribution in [2.24, 2.45) is 5.92 Å². The number of sulfonamides is 1. The Kier molecular flexibility index (Phi) is 8.25. The molecule has 0 radical (unpaired) electrons. The number of halogens is 1. The lowest BCUT2D eigenvalue weighted by atomic mass is 9.98. The lowest BCUT2D eigenvalue weighted by Gasteiger charge is -2.38. The summed E-state index contributed by atoms with van der Waals surface area (Å²) in [6.45, 7) is 3.41. The summed E-state index contributed by atoms with van der Waals surface area (Å²) in [4.78, 5) is 27.8. The molecule has 1 heterocycles. The maximum absolute atomic E-state index is 13.3. The van der Waals surface area contributed by atoms with E-state index in [0.717, 1.165) is 49.9 Å². The lowest BCUT2D eigenvalue weighted by molar-refractivity contribution is -0.144. The molecular weight excluding hydrogens is 449 g/mol. The molecule has 1 aromatic heterocycles. The average Bonchev–Trinajstić information content (AvgIpc) is 3.48. The van der Waals surface area contributed by atoms with Gasteiger partial charge >= 0.3 is 0 Å². The lowest BCUT2D eigenvalue weighted by Crippen LogP contribution is -2.57. The molecule has 2 N–H and O–H groups in total. The minimum absolute atomic E-state index is 0.138. The van der Waals surface area contributed by atoms with E-state index in [9.17, 15) is 22.4 Å². The molecule has 3 rings (SSSR count). The van der Waals surface area contributed by atoms with E-state index < -0.39 is 34.3 Å². The highest BCUT2D eigenvalue weighted by Gasteiger charge is 2.38. The number of hydrogen-bond acceptors (Lipinski definition) is 5. The van der Waals surface area contributed by atoms with E-state index in [4.69, 9.17) is 4.42 Å². The minimum Gasteiger partial charge on any atom is -0.467 e. The third kappa shape index (κ3) is 6.42. The molecule has 8 nitrogen and oxygen atoms in total. The molecule has 10 heteroatoms. The third-order valence-electron chi connectivity index (χ3n) is 5.76. The van der Waals surface area contributed by atoms with Crippen molar-refractivity contribution in [3.63, 3.8) is 0 Å².